The van der Waals surface area contributed by atoms with Crippen molar-refractivity contribution in [3.8, 4) is 0 Å². The minimum absolute atomic E-state index is 0.101. The first-order valence-electron chi connectivity index (χ1n) is 14.0. The van der Waals surface area contributed by atoms with Crippen molar-refractivity contribution in [2.75, 3.05) is 19.6 Å². The van der Waals surface area contributed by atoms with Crippen LogP contribution in [0, 0.1) is 17.7 Å². The van der Waals surface area contributed by atoms with Gasteiger partial charge in [-0.3, -0.25) is 0 Å². The van der Waals surface area contributed by atoms with Crippen LogP contribution in [0.5, 0.6) is 0 Å². The van der Waals surface area contributed by atoms with Gasteiger partial charge in [0.05, 0.1) is 25.9 Å². The van der Waals surface area contributed by atoms with Crippen LogP contribution in [0.4, 0.5) is 4.39 Å². The predicted octanol–water partition coefficient (Wildman–Crippen LogP) is 5.96. The van der Waals surface area contributed by atoms with Crippen molar-refractivity contribution >= 4 is 0 Å². The molecule has 196 valence electrons. The maximum absolute atomic E-state index is 14.1. The average Bonchev–Trinajstić information content (AvgIpc) is 3.42. The number of hydrogen-bond donors (Lipinski definition) is 1. The summed E-state index contributed by atoms with van der Waals surface area (Å²) < 4.78 is 27.7. The Balaban J connectivity index is 1.20. The van der Waals surface area contributed by atoms with E-state index < -0.39 is 5.60 Å². The number of aromatic nitrogens is 1. The molecule has 2 aromatic carbocycles. The van der Waals surface area contributed by atoms with Gasteiger partial charge in [-0.25, -0.2) is 9.37 Å². The largest absolute Gasteiger partial charge is 0.436 e. The maximum Gasteiger partial charge on any atom is 0.231 e. The van der Waals surface area contributed by atoms with Crippen molar-refractivity contribution in [1.29, 1.82) is 0 Å². The summed E-state index contributed by atoms with van der Waals surface area (Å²) in [5, 5.41) is 12.2. The lowest BCUT2D eigenvalue weighted by Gasteiger charge is -2.52. The average molecular weight is 506 g/mol. The highest BCUT2D eigenvalue weighted by Gasteiger charge is 2.48. The molecule has 3 aromatic rings. The van der Waals surface area contributed by atoms with Crippen LogP contribution < -0.4 is 0 Å². The molecule has 1 aliphatic carbocycles. The molecule has 4 fully saturated rings. The summed E-state index contributed by atoms with van der Waals surface area (Å²) in [5.41, 5.74) is 0.274. The van der Waals surface area contributed by atoms with Crippen molar-refractivity contribution in [3.05, 3.63) is 89.4 Å². The fourth-order valence-corrected chi connectivity index (χ4v) is 7.08. The molecule has 7 rings (SSSR count). The molecule has 4 heterocycles. The highest BCUT2D eigenvalue weighted by atomic mass is 19.1. The van der Waals surface area contributed by atoms with E-state index in [0.717, 1.165) is 80.5 Å². The first-order chi connectivity index (χ1) is 18.1. The van der Waals surface area contributed by atoms with E-state index in [1.165, 1.54) is 12.5 Å². The minimum Gasteiger partial charge on any atom is -0.436 e. The smallest absolute Gasteiger partial charge is 0.231 e. The van der Waals surface area contributed by atoms with Crippen LogP contribution in [0.25, 0.3) is 0 Å². The summed E-state index contributed by atoms with van der Waals surface area (Å²) in [5.74, 6) is 1.69. The third-order valence-corrected chi connectivity index (χ3v) is 9.23. The predicted molar refractivity (Wildman–Crippen MR) is 139 cm³/mol. The second-order valence-corrected chi connectivity index (χ2v) is 11.5. The Hall–Kier alpha value is -2.54. The molecular formula is C31H38FN2O3+. The van der Waals surface area contributed by atoms with Gasteiger partial charge in [0.15, 0.2) is 11.4 Å². The number of benzene rings is 2. The van der Waals surface area contributed by atoms with Crippen molar-refractivity contribution in [2.45, 2.75) is 69.8 Å². The molecule has 3 saturated heterocycles. The van der Waals surface area contributed by atoms with Crippen LogP contribution in [0.1, 0.15) is 67.7 Å². The quantitative estimate of drug-likeness (QED) is 0.384. The summed E-state index contributed by atoms with van der Waals surface area (Å²) in [4.78, 5) is 4.69. The highest BCUT2D eigenvalue weighted by Crippen LogP contribution is 2.44. The topological polar surface area (TPSA) is 55.5 Å². The number of ether oxygens (including phenoxy) is 1. The van der Waals surface area contributed by atoms with E-state index in [2.05, 4.69) is 4.98 Å². The van der Waals surface area contributed by atoms with Gasteiger partial charge in [-0.2, -0.15) is 0 Å². The van der Waals surface area contributed by atoms with Crippen molar-refractivity contribution in [1.82, 2.24) is 4.98 Å². The first kappa shape index (κ1) is 24.8. The van der Waals surface area contributed by atoms with Crippen LogP contribution in [0.2, 0.25) is 0 Å². The molecular weight excluding hydrogens is 467 g/mol. The third-order valence-electron chi connectivity index (χ3n) is 9.23. The highest BCUT2D eigenvalue weighted by molar-refractivity contribution is 5.30. The Morgan fingerprint density at radius 3 is 2.46 bits per heavy atom. The van der Waals surface area contributed by atoms with Crippen LogP contribution in [0.15, 0.2) is 65.2 Å². The zero-order chi connectivity index (χ0) is 25.3. The lowest BCUT2D eigenvalue weighted by molar-refractivity contribution is -0.959. The van der Waals surface area contributed by atoms with Gasteiger partial charge in [0, 0.05) is 30.2 Å². The maximum atomic E-state index is 14.1. The van der Waals surface area contributed by atoms with Gasteiger partial charge in [0.1, 0.15) is 25.0 Å². The van der Waals surface area contributed by atoms with Crippen molar-refractivity contribution in [3.63, 3.8) is 0 Å². The van der Waals surface area contributed by atoms with Crippen molar-refractivity contribution in [2.24, 2.45) is 11.8 Å². The van der Waals surface area contributed by atoms with E-state index in [9.17, 15) is 9.50 Å². The first-order valence-corrected chi connectivity index (χ1v) is 14.0. The van der Waals surface area contributed by atoms with Gasteiger partial charge < -0.3 is 18.7 Å². The van der Waals surface area contributed by atoms with E-state index in [4.69, 9.17) is 9.15 Å². The molecule has 0 amide bonds. The SMILES string of the molecule is O[C@](c1ccccc1)(c1ncc(C[N+]23CCC(CC2)[C@@H](OCc2ccccc2F)C3)o1)C1CCCCC1. The lowest BCUT2D eigenvalue weighted by atomic mass is 9.73. The molecule has 0 spiro atoms. The molecule has 1 aromatic heterocycles. The Labute approximate surface area is 218 Å². The fourth-order valence-electron chi connectivity index (χ4n) is 7.08. The monoisotopic (exact) mass is 505 g/mol. The minimum atomic E-state index is -1.21. The van der Waals surface area contributed by atoms with Crippen LogP contribution in [-0.2, 0) is 23.5 Å². The zero-order valence-electron chi connectivity index (χ0n) is 21.5. The summed E-state index contributed by atoms with van der Waals surface area (Å²) in [6.07, 6.45) is 9.60. The van der Waals surface area contributed by atoms with Crippen LogP contribution >= 0.6 is 0 Å². The molecule has 2 atom stereocenters. The summed E-state index contributed by atoms with van der Waals surface area (Å²) in [6.45, 7) is 4.14. The third kappa shape index (κ3) is 4.87. The van der Waals surface area contributed by atoms with E-state index >= 15 is 0 Å². The second-order valence-electron chi connectivity index (χ2n) is 11.5. The lowest BCUT2D eigenvalue weighted by Crippen LogP contribution is -2.63. The zero-order valence-corrected chi connectivity index (χ0v) is 21.5. The molecule has 6 heteroatoms. The Morgan fingerprint density at radius 2 is 1.70 bits per heavy atom. The number of aliphatic hydroxyl groups is 1. The van der Waals surface area contributed by atoms with Gasteiger partial charge in [-0.1, -0.05) is 67.8 Å². The molecule has 0 radical (unpaired) electrons. The van der Waals surface area contributed by atoms with E-state index in [1.807, 2.05) is 42.6 Å². The molecule has 1 saturated carbocycles. The van der Waals surface area contributed by atoms with Crippen molar-refractivity contribution < 1.29 is 23.1 Å². The second kappa shape index (κ2) is 10.3. The summed E-state index contributed by atoms with van der Waals surface area (Å²) >= 11 is 0. The number of quaternary nitrogens is 1. The summed E-state index contributed by atoms with van der Waals surface area (Å²) in [7, 11) is 0. The fraction of sp³-hybridized carbons (Fsp3) is 0.516. The number of nitrogens with zero attached hydrogens (tertiary/aromatic N) is 2. The van der Waals surface area contributed by atoms with E-state index in [-0.39, 0.29) is 17.8 Å². The number of halogens is 1. The molecule has 1 N–H and O–H groups in total. The van der Waals surface area contributed by atoms with Crippen LogP contribution in [0.3, 0.4) is 0 Å². The normalized spacial score (nSPS) is 27.7. The Bertz CT molecular complexity index is 1180. The van der Waals surface area contributed by atoms with Gasteiger partial charge in [0.25, 0.3) is 0 Å². The van der Waals surface area contributed by atoms with Gasteiger partial charge in [-0.05, 0) is 24.5 Å². The molecule has 37 heavy (non-hydrogen) atoms. The van der Waals surface area contributed by atoms with E-state index in [0.29, 0.717) is 24.0 Å². The standard InChI is InChI=1S/C31H38FN2O3/c32-28-14-8-7-9-24(28)22-36-29-21-34(17-15-23(29)16-18-34)20-27-19-33-30(37-27)31(35,25-10-3-1-4-11-25)26-12-5-2-6-13-26/h1,3-4,7-11,14,19,23,26,29,35H,2,5-6,12-13,15-18,20-22H2/q+1/t23?,29-,31-,34?/m0/s1. The number of fused-ring (bicyclic) bond motifs is 3. The molecule has 2 bridgehead atoms. The van der Waals surface area contributed by atoms with E-state index in [1.54, 1.807) is 12.1 Å². The molecule has 3 aliphatic heterocycles. The molecule has 5 nitrogen and oxygen atoms in total. The van der Waals surface area contributed by atoms with Crippen LogP contribution in [-0.4, -0.2) is 40.3 Å². The Morgan fingerprint density at radius 1 is 0.973 bits per heavy atom. The number of rotatable bonds is 8. The molecule has 0 unspecified atom stereocenters. The van der Waals surface area contributed by atoms with Gasteiger partial charge in [-0.15, -0.1) is 0 Å². The number of piperidine rings is 3. The van der Waals surface area contributed by atoms with Gasteiger partial charge >= 0.3 is 0 Å². The van der Waals surface area contributed by atoms with Gasteiger partial charge in [0.2, 0.25) is 5.89 Å². The summed E-state index contributed by atoms with van der Waals surface area (Å²) in [6, 6.07) is 16.8. The number of hydrogen-bond acceptors (Lipinski definition) is 4. The Kier molecular flexibility index (Phi) is 6.91. The molecule has 4 aliphatic rings. The number of oxazole rings is 1.